The number of hydrogen-bond donors (Lipinski definition) is 0. The third-order valence-corrected chi connectivity index (χ3v) is 16.5. The van der Waals surface area contributed by atoms with Gasteiger partial charge in [-0.15, -0.1) is 47.0 Å². The largest absolute Gasteiger partial charge is 4.00 e. The van der Waals surface area contributed by atoms with Crippen LogP contribution in [0.2, 0.25) is 0 Å². The van der Waals surface area contributed by atoms with Crippen molar-refractivity contribution in [2.45, 2.75) is 157 Å². The van der Waals surface area contributed by atoms with Crippen molar-refractivity contribution in [1.29, 1.82) is 0 Å². The van der Waals surface area contributed by atoms with Crippen LogP contribution in [0.1, 0.15) is 156 Å². The van der Waals surface area contributed by atoms with Gasteiger partial charge in [0.15, 0.2) is 0 Å². The van der Waals surface area contributed by atoms with Crippen molar-refractivity contribution in [2.24, 2.45) is 0 Å². The minimum Gasteiger partial charge on any atom is -0.656 e. The van der Waals surface area contributed by atoms with Crippen LogP contribution in [0.25, 0.3) is 77.0 Å². The smallest absolute Gasteiger partial charge is 0.656 e. The number of nitrogens with zero attached hydrogens (tertiary/aromatic N) is 6. The second kappa shape index (κ2) is 29.9. The number of benzene rings is 10. The average Bonchev–Trinajstić information content (AvgIpc) is 1.65. The minimum absolute atomic E-state index is 0. The molecule has 0 saturated heterocycles. The summed E-state index contributed by atoms with van der Waals surface area (Å²) in [6, 6.07) is 76.4. The second-order valence-electron chi connectivity index (χ2n) is 28.0. The zero-order chi connectivity index (χ0) is 64.4. The zero-order valence-corrected chi connectivity index (χ0v) is 59.1. The molecule has 10 aromatic carbocycles. The predicted octanol–water partition coefficient (Wildman–Crippen LogP) is 24.9. The summed E-state index contributed by atoms with van der Waals surface area (Å²) in [5.74, 6) is 2.04. The van der Waals surface area contributed by atoms with E-state index >= 15 is 0 Å². The van der Waals surface area contributed by atoms with E-state index in [-0.39, 0.29) is 47.9 Å². The molecule has 0 unspecified atom stereocenters. The Morgan fingerprint density at radius 3 is 0.978 bits per heavy atom. The van der Waals surface area contributed by atoms with Crippen molar-refractivity contribution in [3.05, 3.63) is 276 Å². The van der Waals surface area contributed by atoms with Crippen molar-refractivity contribution in [3.63, 3.8) is 0 Å². The first-order valence-electron chi connectivity index (χ1n) is 32.4. The maximum absolute atomic E-state index is 5.29. The van der Waals surface area contributed by atoms with E-state index in [0.717, 1.165) is 106 Å². The SMILES string of the molecule is CCCCn1c(-c2cccc3ccccc23)nc2c([N-]c3cc(C(C)(C)C)cc(C(C)(C)C)c3)cccc21.CCCCn1c(-c2cccc3ccccc23)nc2c([N-]c3cc(C(C)(C)C)cc(C(C)(C)C)c3)cccc21.[CH2-]c1ccccc1.[CH2-]c1ccccc1.[Zr+4]. The molecule has 0 fully saturated rings. The molecule has 0 saturated carbocycles. The Morgan fingerprint density at radius 1 is 0.363 bits per heavy atom. The molecule has 0 N–H and O–H groups in total. The van der Waals surface area contributed by atoms with Crippen LogP contribution in [0.5, 0.6) is 0 Å². The summed E-state index contributed by atoms with van der Waals surface area (Å²) >= 11 is 0. The number of aromatic nitrogens is 4. The maximum Gasteiger partial charge on any atom is 4.00 e. The Morgan fingerprint density at radius 2 is 0.670 bits per heavy atom. The molecule has 12 aromatic rings. The van der Waals surface area contributed by atoms with Gasteiger partial charge in [-0.1, -0.05) is 267 Å². The summed E-state index contributed by atoms with van der Waals surface area (Å²) in [6.07, 6.45) is 4.47. The molecule has 0 aliphatic carbocycles. The average molecular weight is 1280 g/mol. The van der Waals surface area contributed by atoms with Gasteiger partial charge in [0.05, 0.1) is 22.1 Å². The van der Waals surface area contributed by atoms with Gasteiger partial charge in [0, 0.05) is 24.2 Å². The van der Waals surface area contributed by atoms with E-state index in [4.69, 9.17) is 20.6 Å². The first kappa shape index (κ1) is 68.8. The van der Waals surface area contributed by atoms with Crippen LogP contribution < -0.4 is 0 Å². The number of aryl methyl sites for hydroxylation is 2. The van der Waals surface area contributed by atoms with E-state index < -0.39 is 0 Å². The van der Waals surface area contributed by atoms with Gasteiger partial charge in [-0.2, -0.15) is 49.2 Å². The van der Waals surface area contributed by atoms with E-state index in [1.807, 2.05) is 60.7 Å². The first-order chi connectivity index (χ1) is 42.9. The van der Waals surface area contributed by atoms with Crippen LogP contribution in [0.4, 0.5) is 22.7 Å². The van der Waals surface area contributed by atoms with Gasteiger partial charge in [0.2, 0.25) is 0 Å². The monoisotopic (exact) mass is 1280 g/mol. The van der Waals surface area contributed by atoms with Crippen LogP contribution in [0.15, 0.2) is 218 Å². The van der Waals surface area contributed by atoms with Gasteiger partial charge in [-0.25, -0.2) is 9.97 Å². The molecule has 6 nitrogen and oxygen atoms in total. The van der Waals surface area contributed by atoms with Crippen LogP contribution in [-0.4, -0.2) is 19.1 Å². The van der Waals surface area contributed by atoms with Gasteiger partial charge >= 0.3 is 26.2 Å². The molecule has 0 atom stereocenters. The van der Waals surface area contributed by atoms with Crippen LogP contribution in [-0.2, 0) is 61.0 Å². The Bertz CT molecular complexity index is 3980. The van der Waals surface area contributed by atoms with Crippen LogP contribution in [0, 0.1) is 13.8 Å². The Kier molecular flexibility index (Phi) is 22.6. The molecule has 0 radical (unpaired) electrons. The van der Waals surface area contributed by atoms with Gasteiger partial charge in [0.25, 0.3) is 0 Å². The summed E-state index contributed by atoms with van der Waals surface area (Å²) in [6.45, 7) is 41.0. The predicted molar refractivity (Wildman–Crippen MR) is 390 cm³/mol. The summed E-state index contributed by atoms with van der Waals surface area (Å²) in [7, 11) is 0. The van der Waals surface area contributed by atoms with Gasteiger partial charge in [-0.05, 0) is 90.4 Å². The number of para-hydroxylation sites is 2. The summed E-state index contributed by atoms with van der Waals surface area (Å²) in [5, 5.41) is 15.4. The zero-order valence-electron chi connectivity index (χ0n) is 56.6. The third-order valence-electron chi connectivity index (χ3n) is 16.5. The van der Waals surface area contributed by atoms with E-state index in [2.05, 4.69) is 278 Å². The number of fused-ring (bicyclic) bond motifs is 4. The van der Waals surface area contributed by atoms with Crippen LogP contribution >= 0.6 is 0 Å². The molecule has 7 heteroatoms. The second-order valence-corrected chi connectivity index (χ2v) is 28.0. The summed E-state index contributed by atoms with van der Waals surface area (Å²) in [4.78, 5) is 10.6. The third kappa shape index (κ3) is 17.3. The van der Waals surface area contributed by atoms with Crippen molar-refractivity contribution in [3.8, 4) is 22.8 Å². The molecule has 91 heavy (non-hydrogen) atoms. The molecule has 0 bridgehead atoms. The summed E-state index contributed by atoms with van der Waals surface area (Å²) in [5.41, 5.74) is 17.9. The van der Waals surface area contributed by atoms with Gasteiger partial charge < -0.3 is 19.8 Å². The topological polar surface area (TPSA) is 63.8 Å². The number of rotatable bonds is 12. The molecule has 464 valence electrons. The molecule has 0 spiro atoms. The molecular weight excluding hydrogens is 1180 g/mol. The van der Waals surface area contributed by atoms with Gasteiger partial charge in [-0.3, -0.25) is 0 Å². The Balaban J connectivity index is 0.000000191. The fourth-order valence-electron chi connectivity index (χ4n) is 11.1. The Labute approximate surface area is 564 Å². The standard InChI is InChI=1S/2C35H40N3.2C7H7.Zr/c2*1-8-9-20-38-31-19-13-18-30(36-27-22-25(34(2,3)4)21-26(23-27)35(5,6)7)32(31)37-33(38)29-17-12-15-24-14-10-11-16-28(24)29;2*1-7-5-3-2-4-6-7;/h2*10-19,21-23H,8-9,20H2,1-7H3;2*2-6H,1H2;/q4*-1;+4. The van der Waals surface area contributed by atoms with Crippen molar-refractivity contribution in [1.82, 2.24) is 19.1 Å². The molecule has 0 aliphatic heterocycles. The number of unbranched alkanes of at least 4 members (excludes halogenated alkanes) is 2. The van der Waals surface area contributed by atoms with E-state index in [9.17, 15) is 0 Å². The fraction of sp³-hybridized carbons (Fsp3) is 0.286. The molecular formula is C84H94N6Zr. The quantitative estimate of drug-likeness (QED) is 0.114. The first-order valence-corrected chi connectivity index (χ1v) is 32.4. The van der Waals surface area contributed by atoms with E-state index in [1.165, 1.54) is 54.9 Å². The maximum atomic E-state index is 5.29. The Hall–Kier alpha value is -8.12. The van der Waals surface area contributed by atoms with Crippen molar-refractivity contribution < 1.29 is 26.2 Å². The van der Waals surface area contributed by atoms with Crippen LogP contribution in [0.3, 0.4) is 0 Å². The normalized spacial score (nSPS) is 11.7. The molecule has 0 amide bonds. The summed E-state index contributed by atoms with van der Waals surface area (Å²) < 4.78 is 4.79. The van der Waals surface area contributed by atoms with E-state index in [1.54, 1.807) is 0 Å². The fourth-order valence-corrected chi connectivity index (χ4v) is 11.1. The van der Waals surface area contributed by atoms with E-state index in [0.29, 0.717) is 0 Å². The van der Waals surface area contributed by atoms with Crippen molar-refractivity contribution >= 4 is 66.4 Å². The molecule has 2 heterocycles. The molecule has 2 aromatic heterocycles. The minimum atomic E-state index is 0. The van der Waals surface area contributed by atoms with Gasteiger partial charge in [0.1, 0.15) is 11.6 Å². The van der Waals surface area contributed by atoms with Crippen molar-refractivity contribution in [2.75, 3.05) is 0 Å². The number of hydrogen-bond acceptors (Lipinski definition) is 2. The molecule has 0 aliphatic rings. The number of imidazole rings is 2. The molecule has 12 rings (SSSR count).